The van der Waals surface area contributed by atoms with E-state index in [2.05, 4.69) is 10.0 Å². The summed E-state index contributed by atoms with van der Waals surface area (Å²) >= 11 is 0. The van der Waals surface area contributed by atoms with E-state index in [9.17, 15) is 4.79 Å². The maximum absolute atomic E-state index is 10.9. The zero-order chi connectivity index (χ0) is 8.10. The molecule has 0 aliphatic carbocycles. The van der Waals surface area contributed by atoms with Crippen LogP contribution in [0, 0.1) is 0 Å². The minimum absolute atomic E-state index is 0.190. The number of ketones is 1. The number of Topliss-reactive ketones (excluding diaryl/α,β-unsaturated/α-hetero) is 1. The third kappa shape index (κ3) is 1.84. The van der Waals surface area contributed by atoms with Gasteiger partial charge in [-0.15, -0.1) is 0 Å². The van der Waals surface area contributed by atoms with E-state index in [-0.39, 0.29) is 18.1 Å². The summed E-state index contributed by atoms with van der Waals surface area (Å²) in [6.07, 6.45) is 1.39. The minimum Gasteiger partial charge on any atom is -0.461 e. The van der Waals surface area contributed by atoms with Gasteiger partial charge in [0.25, 0.3) is 0 Å². The minimum atomic E-state index is -0.312. The van der Waals surface area contributed by atoms with Gasteiger partial charge in [-0.2, -0.15) is 0 Å². The van der Waals surface area contributed by atoms with E-state index in [1.54, 1.807) is 6.07 Å². The first-order valence-corrected chi connectivity index (χ1v) is 2.92. The van der Waals surface area contributed by atoms with Crippen LogP contribution in [0.2, 0.25) is 0 Å². The molecule has 0 unspecified atom stereocenters. The topological polar surface area (TPSA) is 79.0 Å². The van der Waals surface area contributed by atoms with Crippen molar-refractivity contribution in [3.8, 4) is 0 Å². The quantitative estimate of drug-likeness (QED) is 0.285. The lowest BCUT2D eigenvalue weighted by molar-refractivity contribution is 0.0975. The number of carbonyl (C=O) groups is 1. The highest BCUT2D eigenvalue weighted by Crippen LogP contribution is 2.00. The standard InChI is InChI=1S/C6H5N3O2/c7-9-8-4-5(10)6-2-1-3-11-6/h1-3H,4H2. The maximum atomic E-state index is 10.9. The first-order valence-electron chi connectivity index (χ1n) is 2.92. The fourth-order valence-electron chi connectivity index (χ4n) is 0.611. The number of carbonyl (C=O) groups excluding carboxylic acids is 1. The summed E-state index contributed by atoms with van der Waals surface area (Å²) in [6, 6.07) is 3.12. The number of furan rings is 1. The van der Waals surface area contributed by atoms with E-state index in [1.807, 2.05) is 0 Å². The second kappa shape index (κ2) is 3.43. The molecule has 0 spiro atoms. The fraction of sp³-hybridized carbons (Fsp3) is 0.167. The molecule has 0 aromatic carbocycles. The van der Waals surface area contributed by atoms with E-state index < -0.39 is 0 Å². The van der Waals surface area contributed by atoms with Crippen LogP contribution in [-0.4, -0.2) is 12.3 Å². The molecule has 0 N–H and O–H groups in total. The Morgan fingerprint density at radius 1 is 1.82 bits per heavy atom. The third-order valence-corrected chi connectivity index (χ3v) is 1.07. The SMILES string of the molecule is [N-]=[N+]=NCC(=O)c1ccco1. The first kappa shape index (κ1) is 7.37. The molecular formula is C6H5N3O2. The van der Waals surface area contributed by atoms with Crippen molar-refractivity contribution in [3.05, 3.63) is 34.6 Å². The Balaban J connectivity index is 2.63. The van der Waals surface area contributed by atoms with E-state index in [0.29, 0.717) is 0 Å². The summed E-state index contributed by atoms with van der Waals surface area (Å²) in [4.78, 5) is 13.4. The summed E-state index contributed by atoms with van der Waals surface area (Å²) < 4.78 is 4.76. The Kier molecular flexibility index (Phi) is 2.30. The number of azide groups is 1. The lowest BCUT2D eigenvalue weighted by Crippen LogP contribution is -1.99. The Labute approximate surface area is 62.3 Å². The van der Waals surface area contributed by atoms with Gasteiger partial charge in [-0.25, -0.2) is 0 Å². The molecule has 0 atom stereocenters. The van der Waals surface area contributed by atoms with Gasteiger partial charge in [0, 0.05) is 4.91 Å². The van der Waals surface area contributed by atoms with Gasteiger partial charge in [0.15, 0.2) is 5.76 Å². The highest BCUT2D eigenvalue weighted by molar-refractivity contribution is 5.95. The van der Waals surface area contributed by atoms with Crippen molar-refractivity contribution >= 4 is 5.78 Å². The molecule has 1 aromatic heterocycles. The molecule has 0 aliphatic heterocycles. The van der Waals surface area contributed by atoms with Crippen molar-refractivity contribution in [1.29, 1.82) is 0 Å². The lowest BCUT2D eigenvalue weighted by atomic mass is 10.3. The number of rotatable bonds is 3. The fourth-order valence-corrected chi connectivity index (χ4v) is 0.611. The Morgan fingerprint density at radius 2 is 2.64 bits per heavy atom. The molecule has 0 saturated heterocycles. The van der Waals surface area contributed by atoms with Crippen molar-refractivity contribution in [2.75, 3.05) is 6.54 Å². The smallest absolute Gasteiger partial charge is 0.203 e. The van der Waals surface area contributed by atoms with Crippen LogP contribution in [0.5, 0.6) is 0 Å². The third-order valence-electron chi connectivity index (χ3n) is 1.07. The van der Waals surface area contributed by atoms with Crippen LogP contribution in [0.4, 0.5) is 0 Å². The Morgan fingerprint density at radius 3 is 3.18 bits per heavy atom. The van der Waals surface area contributed by atoms with Crippen LogP contribution < -0.4 is 0 Å². The van der Waals surface area contributed by atoms with Gasteiger partial charge in [-0.1, -0.05) is 5.11 Å². The van der Waals surface area contributed by atoms with Gasteiger partial charge in [0.1, 0.15) is 0 Å². The van der Waals surface area contributed by atoms with Gasteiger partial charge < -0.3 is 4.42 Å². The summed E-state index contributed by atoms with van der Waals surface area (Å²) in [5.74, 6) is -0.0924. The molecule has 1 aromatic rings. The number of hydrogen-bond donors (Lipinski definition) is 0. The van der Waals surface area contributed by atoms with Crippen molar-refractivity contribution in [2.45, 2.75) is 0 Å². The molecule has 5 nitrogen and oxygen atoms in total. The Hall–Kier alpha value is -1.74. The summed E-state index contributed by atoms with van der Waals surface area (Å²) in [5, 5.41) is 3.10. The van der Waals surface area contributed by atoms with Crippen LogP contribution in [0.25, 0.3) is 10.4 Å². The molecule has 0 radical (unpaired) electrons. The molecular weight excluding hydrogens is 146 g/mol. The molecule has 56 valence electrons. The van der Waals surface area contributed by atoms with Crippen LogP contribution in [0.1, 0.15) is 10.6 Å². The van der Waals surface area contributed by atoms with Gasteiger partial charge in [-0.3, -0.25) is 4.79 Å². The van der Waals surface area contributed by atoms with Crippen molar-refractivity contribution in [1.82, 2.24) is 0 Å². The van der Waals surface area contributed by atoms with Gasteiger partial charge >= 0.3 is 0 Å². The molecule has 0 fully saturated rings. The maximum Gasteiger partial charge on any atom is 0.203 e. The van der Waals surface area contributed by atoms with Gasteiger partial charge in [-0.05, 0) is 17.7 Å². The molecule has 0 amide bonds. The number of hydrogen-bond acceptors (Lipinski definition) is 3. The largest absolute Gasteiger partial charge is 0.461 e. The molecule has 1 heterocycles. The highest BCUT2D eigenvalue weighted by Gasteiger charge is 2.05. The van der Waals surface area contributed by atoms with E-state index >= 15 is 0 Å². The van der Waals surface area contributed by atoms with E-state index in [4.69, 9.17) is 9.95 Å². The molecule has 5 heteroatoms. The van der Waals surface area contributed by atoms with Gasteiger partial charge in [0.2, 0.25) is 5.78 Å². The first-order chi connectivity index (χ1) is 5.34. The second-order valence-corrected chi connectivity index (χ2v) is 1.79. The summed E-state index contributed by atoms with van der Waals surface area (Å²) in [7, 11) is 0. The summed E-state index contributed by atoms with van der Waals surface area (Å²) in [5.41, 5.74) is 7.89. The zero-order valence-electron chi connectivity index (χ0n) is 5.60. The predicted octanol–water partition coefficient (Wildman–Crippen LogP) is 1.77. The van der Waals surface area contributed by atoms with Crippen molar-refractivity contribution in [3.63, 3.8) is 0 Å². The lowest BCUT2D eigenvalue weighted by Gasteiger charge is -1.86. The molecule has 1 rings (SSSR count). The predicted molar refractivity (Wildman–Crippen MR) is 37.1 cm³/mol. The molecule has 0 saturated carbocycles. The van der Waals surface area contributed by atoms with Crippen LogP contribution >= 0.6 is 0 Å². The highest BCUT2D eigenvalue weighted by atomic mass is 16.3. The van der Waals surface area contributed by atoms with Crippen molar-refractivity contribution in [2.24, 2.45) is 5.11 Å². The average molecular weight is 151 g/mol. The van der Waals surface area contributed by atoms with E-state index in [0.717, 1.165) is 0 Å². The molecule has 11 heavy (non-hydrogen) atoms. The van der Waals surface area contributed by atoms with Crippen LogP contribution in [0.3, 0.4) is 0 Å². The van der Waals surface area contributed by atoms with Crippen LogP contribution in [-0.2, 0) is 0 Å². The van der Waals surface area contributed by atoms with Gasteiger partial charge in [0.05, 0.1) is 12.8 Å². The van der Waals surface area contributed by atoms with Crippen molar-refractivity contribution < 1.29 is 9.21 Å². The van der Waals surface area contributed by atoms with Crippen LogP contribution in [0.15, 0.2) is 27.9 Å². The molecule has 0 aliphatic rings. The average Bonchev–Trinajstić information content (AvgIpc) is 2.52. The molecule has 0 bridgehead atoms. The Bertz CT molecular complexity index is 285. The van der Waals surface area contributed by atoms with E-state index in [1.165, 1.54) is 12.3 Å². The zero-order valence-corrected chi connectivity index (χ0v) is 5.60. The normalized spacial score (nSPS) is 8.73. The monoisotopic (exact) mass is 151 g/mol. The number of nitrogens with zero attached hydrogens (tertiary/aromatic N) is 3. The summed E-state index contributed by atoms with van der Waals surface area (Å²) in [6.45, 7) is -0.190. The second-order valence-electron chi connectivity index (χ2n) is 1.79.